The third kappa shape index (κ3) is 4.28. The molecule has 0 saturated carbocycles. The highest BCUT2D eigenvalue weighted by Gasteiger charge is 2.29. The van der Waals surface area contributed by atoms with Crippen molar-refractivity contribution in [2.75, 3.05) is 19.9 Å². The molecule has 0 aromatic carbocycles. The van der Waals surface area contributed by atoms with Crippen LogP contribution in [0.3, 0.4) is 0 Å². The molecular formula is C13H20N2O4S. The van der Waals surface area contributed by atoms with Gasteiger partial charge in [-0.15, -0.1) is 0 Å². The highest BCUT2D eigenvalue weighted by Crippen LogP contribution is 2.13. The lowest BCUT2D eigenvalue weighted by Gasteiger charge is -2.22. The summed E-state index contributed by atoms with van der Waals surface area (Å²) < 4.78 is 26.8. The molecule has 1 N–H and O–H groups in total. The second-order valence-corrected chi connectivity index (χ2v) is 7.81. The van der Waals surface area contributed by atoms with E-state index in [4.69, 9.17) is 0 Å². The van der Waals surface area contributed by atoms with Gasteiger partial charge in [0.15, 0.2) is 9.84 Å². The van der Waals surface area contributed by atoms with Crippen LogP contribution in [0, 0.1) is 0 Å². The summed E-state index contributed by atoms with van der Waals surface area (Å²) in [4.78, 5) is 15.4. The van der Waals surface area contributed by atoms with E-state index in [0.717, 1.165) is 5.69 Å². The van der Waals surface area contributed by atoms with Crippen LogP contribution < -0.4 is 5.32 Å². The number of ether oxygens (including phenoxy) is 1. The predicted molar refractivity (Wildman–Crippen MR) is 76.2 cm³/mol. The van der Waals surface area contributed by atoms with Gasteiger partial charge in [0.1, 0.15) is 0 Å². The Balaban J connectivity index is 2.57. The van der Waals surface area contributed by atoms with Crippen molar-refractivity contribution in [1.29, 1.82) is 0 Å². The molecular weight excluding hydrogens is 280 g/mol. The number of sulfone groups is 1. The zero-order valence-corrected chi connectivity index (χ0v) is 13.0. The largest absolute Gasteiger partial charge is 0.465 e. The van der Waals surface area contributed by atoms with E-state index in [0.29, 0.717) is 18.7 Å². The SMILES string of the molecule is COC(=O)c1ccc(CNCC(C)(C)S(C)(=O)=O)nc1. The molecule has 0 aliphatic rings. The Hall–Kier alpha value is -1.47. The second-order valence-electron chi connectivity index (χ2n) is 5.17. The first-order valence-electron chi connectivity index (χ1n) is 6.11. The Morgan fingerprint density at radius 2 is 2.05 bits per heavy atom. The smallest absolute Gasteiger partial charge is 0.339 e. The van der Waals surface area contributed by atoms with Gasteiger partial charge >= 0.3 is 5.97 Å². The molecule has 0 bridgehead atoms. The summed E-state index contributed by atoms with van der Waals surface area (Å²) in [6, 6.07) is 3.32. The van der Waals surface area contributed by atoms with Crippen molar-refractivity contribution < 1.29 is 17.9 Å². The molecule has 0 radical (unpaired) electrons. The van der Waals surface area contributed by atoms with Gasteiger partial charge in [-0.25, -0.2) is 13.2 Å². The summed E-state index contributed by atoms with van der Waals surface area (Å²) in [7, 11) is -1.81. The molecule has 0 unspecified atom stereocenters. The Bertz CT molecular complexity index is 565. The van der Waals surface area contributed by atoms with Crippen molar-refractivity contribution in [3.63, 3.8) is 0 Å². The Labute approximate surface area is 119 Å². The molecule has 6 nitrogen and oxygen atoms in total. The van der Waals surface area contributed by atoms with Crippen molar-refractivity contribution in [1.82, 2.24) is 10.3 Å². The molecule has 0 fully saturated rings. The number of esters is 1. The summed E-state index contributed by atoms with van der Waals surface area (Å²) in [6.07, 6.45) is 2.66. The molecule has 7 heteroatoms. The molecule has 1 aromatic rings. The average molecular weight is 300 g/mol. The van der Waals surface area contributed by atoms with Crippen molar-refractivity contribution in [2.45, 2.75) is 25.1 Å². The van der Waals surface area contributed by atoms with Crippen LogP contribution in [0.1, 0.15) is 29.9 Å². The highest BCUT2D eigenvalue weighted by molar-refractivity contribution is 7.92. The Morgan fingerprint density at radius 3 is 2.50 bits per heavy atom. The van der Waals surface area contributed by atoms with Crippen LogP contribution in [0.25, 0.3) is 0 Å². The van der Waals surface area contributed by atoms with Crippen LogP contribution in [0.4, 0.5) is 0 Å². The van der Waals surface area contributed by atoms with E-state index in [1.165, 1.54) is 19.6 Å². The maximum atomic E-state index is 11.5. The lowest BCUT2D eigenvalue weighted by Crippen LogP contribution is -2.41. The van der Waals surface area contributed by atoms with Gasteiger partial charge in [0.2, 0.25) is 0 Å². The van der Waals surface area contributed by atoms with Crippen LogP contribution in [0.15, 0.2) is 18.3 Å². The van der Waals surface area contributed by atoms with Crippen LogP contribution >= 0.6 is 0 Å². The van der Waals surface area contributed by atoms with Crippen molar-refractivity contribution in [3.05, 3.63) is 29.6 Å². The number of aromatic nitrogens is 1. The number of methoxy groups -OCH3 is 1. The van der Waals surface area contributed by atoms with Gasteiger partial charge < -0.3 is 10.1 Å². The number of carbonyl (C=O) groups is 1. The summed E-state index contributed by atoms with van der Waals surface area (Å²) in [5, 5.41) is 3.05. The second kappa shape index (κ2) is 6.32. The summed E-state index contributed by atoms with van der Waals surface area (Å²) >= 11 is 0. The van der Waals surface area contributed by atoms with Gasteiger partial charge in [-0.1, -0.05) is 0 Å². The van der Waals surface area contributed by atoms with E-state index in [9.17, 15) is 13.2 Å². The Morgan fingerprint density at radius 1 is 1.40 bits per heavy atom. The topological polar surface area (TPSA) is 85.4 Å². The molecule has 0 spiro atoms. The van der Waals surface area contributed by atoms with Crippen molar-refractivity contribution in [2.24, 2.45) is 0 Å². The lowest BCUT2D eigenvalue weighted by molar-refractivity contribution is 0.0600. The van der Waals surface area contributed by atoms with E-state index < -0.39 is 20.6 Å². The maximum Gasteiger partial charge on any atom is 0.339 e. The van der Waals surface area contributed by atoms with Crippen molar-refractivity contribution in [3.8, 4) is 0 Å². The van der Waals surface area contributed by atoms with Gasteiger partial charge in [-0.3, -0.25) is 4.98 Å². The fraction of sp³-hybridized carbons (Fsp3) is 0.538. The molecule has 0 aliphatic heterocycles. The van der Waals surface area contributed by atoms with E-state index in [1.807, 2.05) is 0 Å². The predicted octanol–water partition coefficient (Wildman–Crippen LogP) is 0.781. The minimum absolute atomic E-state index is 0.326. The zero-order valence-electron chi connectivity index (χ0n) is 12.1. The summed E-state index contributed by atoms with van der Waals surface area (Å²) in [5.74, 6) is -0.435. The Kier molecular flexibility index (Phi) is 5.24. The molecule has 0 amide bonds. The fourth-order valence-corrected chi connectivity index (χ4v) is 1.75. The fourth-order valence-electron chi connectivity index (χ4n) is 1.39. The molecule has 1 rings (SSSR count). The molecule has 112 valence electrons. The van der Waals surface area contributed by atoms with Gasteiger partial charge in [0.05, 0.1) is 23.1 Å². The van der Waals surface area contributed by atoms with Gasteiger partial charge in [0.25, 0.3) is 0 Å². The van der Waals surface area contributed by atoms with E-state index in [2.05, 4.69) is 15.0 Å². The van der Waals surface area contributed by atoms with Gasteiger partial charge in [-0.05, 0) is 26.0 Å². The van der Waals surface area contributed by atoms with Crippen LogP contribution in [-0.4, -0.2) is 44.0 Å². The minimum atomic E-state index is -3.12. The molecule has 20 heavy (non-hydrogen) atoms. The third-order valence-corrected chi connectivity index (χ3v) is 5.26. The molecule has 0 saturated heterocycles. The number of carbonyl (C=O) groups excluding carboxylic acids is 1. The minimum Gasteiger partial charge on any atom is -0.465 e. The number of pyridine rings is 1. The van der Waals surface area contributed by atoms with Crippen molar-refractivity contribution >= 4 is 15.8 Å². The molecule has 1 heterocycles. The molecule has 1 aromatic heterocycles. The number of nitrogens with zero attached hydrogens (tertiary/aromatic N) is 1. The monoisotopic (exact) mass is 300 g/mol. The first kappa shape index (κ1) is 16.6. The van der Waals surface area contributed by atoms with E-state index in [-0.39, 0.29) is 0 Å². The summed E-state index contributed by atoms with van der Waals surface area (Å²) in [5.41, 5.74) is 1.11. The normalized spacial score (nSPS) is 12.2. The summed E-state index contributed by atoms with van der Waals surface area (Å²) in [6.45, 7) is 4.10. The molecule has 0 atom stereocenters. The van der Waals surface area contributed by atoms with Gasteiger partial charge in [0, 0.05) is 25.5 Å². The van der Waals surface area contributed by atoms with Crippen LogP contribution in [0.2, 0.25) is 0 Å². The van der Waals surface area contributed by atoms with E-state index in [1.54, 1.807) is 26.0 Å². The average Bonchev–Trinajstić information content (AvgIpc) is 2.37. The first-order chi connectivity index (χ1) is 9.17. The standard InChI is InChI=1S/C13H20N2O4S/c1-13(2,20(4,17)18)9-14-8-11-6-5-10(7-15-11)12(16)19-3/h5-7,14H,8-9H2,1-4H3. The number of hydrogen-bond acceptors (Lipinski definition) is 6. The zero-order chi connectivity index (χ0) is 15.4. The highest BCUT2D eigenvalue weighted by atomic mass is 32.2. The lowest BCUT2D eigenvalue weighted by atomic mass is 10.2. The number of rotatable bonds is 6. The number of hydrogen-bond donors (Lipinski definition) is 1. The third-order valence-electron chi connectivity index (χ3n) is 3.11. The first-order valence-corrected chi connectivity index (χ1v) is 8.00. The van der Waals surface area contributed by atoms with Crippen LogP contribution in [0.5, 0.6) is 0 Å². The number of nitrogens with one attached hydrogen (secondary N) is 1. The maximum absolute atomic E-state index is 11.5. The van der Waals surface area contributed by atoms with Gasteiger partial charge in [-0.2, -0.15) is 0 Å². The van der Waals surface area contributed by atoms with E-state index >= 15 is 0 Å². The quantitative estimate of drug-likeness (QED) is 0.782. The van der Waals surface area contributed by atoms with Crippen LogP contribution in [-0.2, 0) is 21.1 Å². The molecule has 0 aliphatic carbocycles.